The first-order chi connectivity index (χ1) is 8.54. The molecule has 0 spiro atoms. The van der Waals surface area contributed by atoms with Crippen molar-refractivity contribution in [2.45, 2.75) is 13.1 Å². The van der Waals surface area contributed by atoms with Crippen LogP contribution in [0.15, 0.2) is 28.7 Å². The number of anilines is 1. The highest BCUT2D eigenvalue weighted by atomic mass is 79.9. The van der Waals surface area contributed by atoms with Gasteiger partial charge in [0.1, 0.15) is 11.6 Å². The molecule has 0 saturated heterocycles. The van der Waals surface area contributed by atoms with Crippen LogP contribution in [0.3, 0.4) is 0 Å². The molecule has 0 aliphatic heterocycles. The number of nitrogen functional groups attached to an aromatic ring is 1. The van der Waals surface area contributed by atoms with Crippen molar-refractivity contribution in [2.75, 3.05) is 12.8 Å². The maximum Gasteiger partial charge on any atom is 0.145 e. The van der Waals surface area contributed by atoms with Crippen molar-refractivity contribution in [3.05, 3.63) is 45.8 Å². The van der Waals surface area contributed by atoms with E-state index in [-0.39, 0.29) is 5.82 Å². The normalized spacial score (nSPS) is 11.1. The van der Waals surface area contributed by atoms with Crippen LogP contribution in [0.25, 0.3) is 0 Å². The topological polar surface area (TPSA) is 57.9 Å². The van der Waals surface area contributed by atoms with Gasteiger partial charge in [-0.1, -0.05) is 15.9 Å². The van der Waals surface area contributed by atoms with Gasteiger partial charge in [-0.3, -0.25) is 10.00 Å². The van der Waals surface area contributed by atoms with E-state index < -0.39 is 0 Å². The number of nitrogens with zero attached hydrogens (tertiary/aromatic N) is 2. The van der Waals surface area contributed by atoms with E-state index in [1.165, 1.54) is 6.07 Å². The van der Waals surface area contributed by atoms with Crippen LogP contribution >= 0.6 is 15.9 Å². The molecule has 3 N–H and O–H groups in total. The molecule has 0 bridgehead atoms. The van der Waals surface area contributed by atoms with Crippen LogP contribution in [-0.4, -0.2) is 22.1 Å². The summed E-state index contributed by atoms with van der Waals surface area (Å²) >= 11 is 3.34. The Balaban J connectivity index is 2.02. The molecule has 0 aliphatic rings. The summed E-state index contributed by atoms with van der Waals surface area (Å²) in [6.07, 6.45) is 0. The number of H-pyrrole nitrogens is 1. The van der Waals surface area contributed by atoms with E-state index in [0.29, 0.717) is 24.5 Å². The van der Waals surface area contributed by atoms with E-state index in [1.54, 1.807) is 18.2 Å². The van der Waals surface area contributed by atoms with Gasteiger partial charge >= 0.3 is 0 Å². The van der Waals surface area contributed by atoms with Crippen LogP contribution < -0.4 is 5.73 Å². The number of rotatable bonds is 4. The minimum Gasteiger partial charge on any atom is -0.382 e. The third kappa shape index (κ3) is 3.30. The van der Waals surface area contributed by atoms with Gasteiger partial charge in [-0.05, 0) is 25.2 Å². The second kappa shape index (κ2) is 5.49. The smallest absolute Gasteiger partial charge is 0.145 e. The monoisotopic (exact) mass is 312 g/mol. The highest BCUT2D eigenvalue weighted by molar-refractivity contribution is 9.10. The van der Waals surface area contributed by atoms with Gasteiger partial charge in [0.2, 0.25) is 0 Å². The molecule has 1 heterocycles. The second-order valence-electron chi connectivity index (χ2n) is 4.23. The average molecular weight is 313 g/mol. The summed E-state index contributed by atoms with van der Waals surface area (Å²) in [4.78, 5) is 1.98. The molecule has 1 aromatic heterocycles. The minimum absolute atomic E-state index is 0.200. The molecular formula is C12H14BrFN4. The van der Waals surface area contributed by atoms with Crippen molar-refractivity contribution >= 4 is 21.7 Å². The van der Waals surface area contributed by atoms with E-state index >= 15 is 0 Å². The number of halogens is 2. The molecule has 18 heavy (non-hydrogen) atoms. The molecule has 0 unspecified atom stereocenters. The SMILES string of the molecule is CN(Cc1cc(N)n[nH]1)Cc1cc(Br)ccc1F. The van der Waals surface area contributed by atoms with Gasteiger partial charge < -0.3 is 5.73 Å². The number of aromatic nitrogens is 2. The van der Waals surface area contributed by atoms with Crippen molar-refractivity contribution in [3.8, 4) is 0 Å². The Kier molecular flexibility index (Phi) is 3.98. The highest BCUT2D eigenvalue weighted by Crippen LogP contribution is 2.17. The molecular weight excluding hydrogens is 299 g/mol. The second-order valence-corrected chi connectivity index (χ2v) is 5.14. The minimum atomic E-state index is -0.200. The molecule has 6 heteroatoms. The fourth-order valence-electron chi connectivity index (χ4n) is 1.76. The van der Waals surface area contributed by atoms with Gasteiger partial charge in [0, 0.05) is 29.2 Å². The number of aromatic amines is 1. The number of benzene rings is 1. The summed E-state index contributed by atoms with van der Waals surface area (Å²) < 4.78 is 14.5. The molecule has 4 nitrogen and oxygen atoms in total. The van der Waals surface area contributed by atoms with E-state index in [1.807, 2.05) is 11.9 Å². The van der Waals surface area contributed by atoms with Crippen LogP contribution in [0.2, 0.25) is 0 Å². The predicted octanol–water partition coefficient (Wildman–Crippen LogP) is 2.53. The summed E-state index contributed by atoms with van der Waals surface area (Å²) in [5, 5.41) is 6.68. The predicted molar refractivity (Wildman–Crippen MR) is 72.3 cm³/mol. The third-order valence-corrected chi connectivity index (χ3v) is 3.03. The lowest BCUT2D eigenvalue weighted by atomic mass is 10.2. The van der Waals surface area contributed by atoms with E-state index in [9.17, 15) is 4.39 Å². The first kappa shape index (κ1) is 13.0. The Hall–Kier alpha value is -1.40. The molecule has 1 aromatic carbocycles. The van der Waals surface area contributed by atoms with Gasteiger partial charge in [-0.15, -0.1) is 0 Å². The fraction of sp³-hybridized carbons (Fsp3) is 0.250. The summed E-state index contributed by atoms with van der Waals surface area (Å²) in [6.45, 7) is 1.15. The Morgan fingerprint density at radius 3 is 2.83 bits per heavy atom. The summed E-state index contributed by atoms with van der Waals surface area (Å²) in [6, 6.07) is 6.71. The molecule has 0 saturated carbocycles. The lowest BCUT2D eigenvalue weighted by Crippen LogP contribution is -2.18. The molecule has 0 fully saturated rings. The van der Waals surface area contributed by atoms with Crippen molar-refractivity contribution < 1.29 is 4.39 Å². The molecule has 96 valence electrons. The molecule has 2 aromatic rings. The van der Waals surface area contributed by atoms with Gasteiger partial charge in [0.05, 0.1) is 5.69 Å². The van der Waals surface area contributed by atoms with Gasteiger partial charge in [0.15, 0.2) is 0 Å². The standard InChI is InChI=1S/C12H14BrFN4/c1-18(7-10-5-12(15)17-16-10)6-8-4-9(13)2-3-11(8)14/h2-5H,6-7H2,1H3,(H3,15,16,17). The van der Waals surface area contributed by atoms with E-state index in [0.717, 1.165) is 10.2 Å². The zero-order valence-electron chi connectivity index (χ0n) is 9.95. The summed E-state index contributed by atoms with van der Waals surface area (Å²) in [5.74, 6) is 0.265. The Labute approximate surface area is 113 Å². The van der Waals surface area contributed by atoms with Gasteiger partial charge in [-0.2, -0.15) is 5.10 Å². The summed E-state index contributed by atoms with van der Waals surface area (Å²) in [7, 11) is 1.91. The zero-order valence-corrected chi connectivity index (χ0v) is 11.5. The number of hydrogen-bond acceptors (Lipinski definition) is 3. The lowest BCUT2D eigenvalue weighted by molar-refractivity contribution is 0.309. The van der Waals surface area contributed by atoms with Crippen molar-refractivity contribution in [1.29, 1.82) is 0 Å². The Bertz CT molecular complexity index is 541. The Morgan fingerprint density at radius 2 is 2.17 bits per heavy atom. The van der Waals surface area contributed by atoms with Crippen molar-refractivity contribution in [1.82, 2.24) is 15.1 Å². The molecule has 0 aliphatic carbocycles. The maximum absolute atomic E-state index is 13.6. The van der Waals surface area contributed by atoms with Crippen LogP contribution in [0.4, 0.5) is 10.2 Å². The first-order valence-electron chi connectivity index (χ1n) is 5.47. The van der Waals surface area contributed by atoms with Crippen LogP contribution in [-0.2, 0) is 13.1 Å². The Morgan fingerprint density at radius 1 is 1.39 bits per heavy atom. The molecule has 0 amide bonds. The van der Waals surface area contributed by atoms with Crippen molar-refractivity contribution in [3.63, 3.8) is 0 Å². The maximum atomic E-state index is 13.6. The molecule has 0 radical (unpaired) electrons. The zero-order chi connectivity index (χ0) is 13.1. The quantitative estimate of drug-likeness (QED) is 0.912. The average Bonchev–Trinajstić information content (AvgIpc) is 2.69. The third-order valence-electron chi connectivity index (χ3n) is 2.54. The van der Waals surface area contributed by atoms with E-state index in [4.69, 9.17) is 5.73 Å². The van der Waals surface area contributed by atoms with Crippen LogP contribution in [0, 0.1) is 5.82 Å². The van der Waals surface area contributed by atoms with Crippen LogP contribution in [0.1, 0.15) is 11.3 Å². The van der Waals surface area contributed by atoms with Gasteiger partial charge in [0.25, 0.3) is 0 Å². The van der Waals surface area contributed by atoms with Crippen molar-refractivity contribution in [2.24, 2.45) is 0 Å². The van der Waals surface area contributed by atoms with E-state index in [2.05, 4.69) is 26.1 Å². The van der Waals surface area contributed by atoms with Gasteiger partial charge in [-0.25, -0.2) is 4.39 Å². The molecule has 2 rings (SSSR count). The number of nitrogens with two attached hydrogens (primary N) is 1. The number of nitrogens with one attached hydrogen (secondary N) is 1. The first-order valence-corrected chi connectivity index (χ1v) is 6.26. The fourth-order valence-corrected chi connectivity index (χ4v) is 2.17. The van der Waals surface area contributed by atoms with Crippen LogP contribution in [0.5, 0.6) is 0 Å². The summed E-state index contributed by atoms with van der Waals surface area (Å²) in [5.41, 5.74) is 7.08. The number of hydrogen-bond donors (Lipinski definition) is 2. The molecule has 0 atom stereocenters. The highest BCUT2D eigenvalue weighted by Gasteiger charge is 2.08. The lowest BCUT2D eigenvalue weighted by Gasteiger charge is -2.16. The largest absolute Gasteiger partial charge is 0.382 e.